The Balaban J connectivity index is 0.00000261. The molecule has 0 aromatic heterocycles. The van der Waals surface area contributed by atoms with Gasteiger partial charge in [0.1, 0.15) is 0 Å². The zero-order valence-corrected chi connectivity index (χ0v) is 37.2. The van der Waals surface area contributed by atoms with E-state index in [1.165, 1.54) is 76.6 Å². The Hall–Kier alpha value is -2.31. The molecule has 0 amide bonds. The van der Waals surface area contributed by atoms with Crippen LogP contribution in [0.15, 0.2) is 106 Å². The van der Waals surface area contributed by atoms with Crippen molar-refractivity contribution in [2.24, 2.45) is 11.3 Å². The Kier molecular flexibility index (Phi) is 12.1. The third kappa shape index (κ3) is 7.51. The first-order valence-corrected chi connectivity index (χ1v) is 23.1. The van der Waals surface area contributed by atoms with Gasteiger partial charge in [0.05, 0.1) is 0 Å². The van der Waals surface area contributed by atoms with E-state index in [2.05, 4.69) is 166 Å². The third-order valence-corrected chi connectivity index (χ3v) is 20.9. The van der Waals surface area contributed by atoms with Crippen molar-refractivity contribution < 1.29 is 46.1 Å². The molecule has 0 aliphatic heterocycles. The Bertz CT molecular complexity index is 1920. The molecule has 1 saturated carbocycles. The van der Waals surface area contributed by atoms with Crippen LogP contribution in [0.3, 0.4) is 0 Å². The van der Waals surface area contributed by atoms with Crippen molar-refractivity contribution in [3.63, 3.8) is 0 Å². The molecule has 0 nitrogen and oxygen atoms in total. The number of benzene rings is 4. The van der Waals surface area contributed by atoms with Gasteiger partial charge in [0.2, 0.25) is 0 Å². The molecule has 7 rings (SSSR count). The Morgan fingerprint density at radius 2 is 1.10 bits per heavy atom. The number of hydrogen-bond acceptors (Lipinski definition) is 0. The number of fused-ring (bicyclic) bond motifs is 3. The fourth-order valence-electron chi connectivity index (χ4n) is 9.67. The van der Waals surface area contributed by atoms with Crippen molar-refractivity contribution in [2.45, 2.75) is 116 Å². The van der Waals surface area contributed by atoms with E-state index in [9.17, 15) is 0 Å². The summed E-state index contributed by atoms with van der Waals surface area (Å²) in [5.41, 5.74) is 16.9. The van der Waals surface area contributed by atoms with Crippen LogP contribution in [-0.2, 0) is 32.1 Å². The van der Waals surface area contributed by atoms with Crippen molar-refractivity contribution in [3.05, 3.63) is 150 Å². The SMILES string of the molecule is Cc1cc2c(cc1C(C)(C)C)-c1cc(C(C)(C)C)c(C)cc1[CH]2[Zr+2]([C]1=CC(C2(C)CCCCC2)=CC1C)=[C](c1ccccc1)c1ccccc1.[Cl-].[Cl-]. The van der Waals surface area contributed by atoms with Gasteiger partial charge < -0.3 is 24.8 Å². The molecule has 3 heteroatoms. The van der Waals surface area contributed by atoms with Gasteiger partial charge in [-0.05, 0) is 0 Å². The van der Waals surface area contributed by atoms with Gasteiger partial charge in [-0.2, -0.15) is 0 Å². The van der Waals surface area contributed by atoms with Crippen LogP contribution in [0, 0.1) is 25.2 Å². The second kappa shape index (κ2) is 15.4. The molecule has 1 fully saturated rings. The van der Waals surface area contributed by atoms with Gasteiger partial charge in [0, 0.05) is 0 Å². The molecule has 0 spiro atoms. The van der Waals surface area contributed by atoms with Crippen molar-refractivity contribution in [1.82, 2.24) is 0 Å². The monoisotopic (exact) mass is 806 g/mol. The van der Waals surface area contributed by atoms with Crippen molar-refractivity contribution in [3.8, 4) is 11.1 Å². The molecule has 0 saturated heterocycles. The average Bonchev–Trinajstić information content (AvgIpc) is 3.60. The number of hydrogen-bond donors (Lipinski definition) is 0. The zero-order chi connectivity index (χ0) is 35.6. The molecule has 4 aromatic carbocycles. The Morgan fingerprint density at radius 1 is 0.654 bits per heavy atom. The number of rotatable bonds is 5. The smallest absolute Gasteiger partial charge is 1.00 e. The van der Waals surface area contributed by atoms with Crippen LogP contribution in [0.1, 0.15) is 136 Å². The van der Waals surface area contributed by atoms with E-state index in [-0.39, 0.29) is 35.6 Å². The van der Waals surface area contributed by atoms with Gasteiger partial charge in [-0.15, -0.1) is 0 Å². The van der Waals surface area contributed by atoms with Crippen LogP contribution in [0.5, 0.6) is 0 Å². The maximum atomic E-state index is 2.78. The fourth-order valence-corrected chi connectivity index (χ4v) is 19.1. The maximum Gasteiger partial charge on any atom is -1.00 e. The van der Waals surface area contributed by atoms with E-state index in [1.54, 1.807) is 23.2 Å². The number of aryl methyl sites for hydroxylation is 2. The summed E-state index contributed by atoms with van der Waals surface area (Å²) in [4.78, 5) is 0. The first kappa shape index (κ1) is 40.9. The molecule has 1 unspecified atom stereocenters. The molecule has 0 N–H and O–H groups in total. The van der Waals surface area contributed by atoms with E-state index in [1.807, 2.05) is 0 Å². The van der Waals surface area contributed by atoms with Crippen LogP contribution in [0.25, 0.3) is 11.1 Å². The summed E-state index contributed by atoms with van der Waals surface area (Å²) in [6.07, 6.45) is 12.2. The molecule has 0 bridgehead atoms. The number of halogens is 2. The summed E-state index contributed by atoms with van der Waals surface area (Å²) in [5, 5.41) is 0. The second-order valence-electron chi connectivity index (χ2n) is 18.1. The van der Waals surface area contributed by atoms with Crippen LogP contribution < -0.4 is 24.8 Å². The second-order valence-corrected chi connectivity index (χ2v) is 24.2. The summed E-state index contributed by atoms with van der Waals surface area (Å²) in [5.74, 6) is 0.456. The van der Waals surface area contributed by atoms with E-state index in [0.717, 1.165) is 0 Å². The summed E-state index contributed by atoms with van der Waals surface area (Å²) in [6, 6.07) is 33.5. The molecule has 3 aliphatic rings. The van der Waals surface area contributed by atoms with E-state index in [0.29, 0.717) is 15.0 Å². The van der Waals surface area contributed by atoms with Crippen molar-refractivity contribution >= 4 is 3.21 Å². The van der Waals surface area contributed by atoms with Gasteiger partial charge in [0.25, 0.3) is 0 Å². The normalized spacial score (nSPS) is 17.8. The molecule has 52 heavy (non-hydrogen) atoms. The van der Waals surface area contributed by atoms with Crippen molar-refractivity contribution in [2.75, 3.05) is 0 Å². The quantitative estimate of drug-likeness (QED) is 0.199. The zero-order valence-electron chi connectivity index (χ0n) is 33.2. The standard InChI is InChI=1S/C23H29.C13H19.C13H10.2ClH.Zr/c1-14-9-16-11-17-10-15(2)21(23(6,7)8)13-19(17)18(16)12-20(14)22(3,4)5;1-11-6-7-12(10-11)13(2)8-4-3-5-9-13;1-3-7-12(8-4-1)11-13-9-5-2-6-10-13;;;/h9-13H,1-8H3;7,10-11H,3-5,8-9H2,1-2H3;1-10H;2*1H;/q;;;;;+2/p-2. The molecular weight excluding hydrogens is 751 g/mol. The Labute approximate surface area is 335 Å². The molecule has 0 heterocycles. The fraction of sp³-hybridized carbons (Fsp3) is 0.408. The van der Waals surface area contributed by atoms with Gasteiger partial charge in [-0.25, -0.2) is 0 Å². The van der Waals surface area contributed by atoms with Crippen LogP contribution in [-0.4, -0.2) is 3.21 Å². The van der Waals surface area contributed by atoms with Gasteiger partial charge in [-0.1, -0.05) is 0 Å². The van der Waals surface area contributed by atoms with Gasteiger partial charge in [-0.3, -0.25) is 0 Å². The Morgan fingerprint density at radius 3 is 1.52 bits per heavy atom. The third-order valence-electron chi connectivity index (χ3n) is 12.2. The minimum Gasteiger partial charge on any atom is -1.00 e. The minimum atomic E-state index is -2.90. The average molecular weight is 809 g/mol. The molecule has 1 atom stereocenters. The van der Waals surface area contributed by atoms with E-state index >= 15 is 0 Å². The first-order valence-electron chi connectivity index (χ1n) is 19.3. The summed E-state index contributed by atoms with van der Waals surface area (Å²) < 4.78 is 3.82. The van der Waals surface area contributed by atoms with Crippen LogP contribution in [0.4, 0.5) is 0 Å². The predicted molar refractivity (Wildman–Crippen MR) is 213 cm³/mol. The largest absolute Gasteiger partial charge is 1.00 e. The van der Waals surface area contributed by atoms with Gasteiger partial charge in [0.15, 0.2) is 0 Å². The van der Waals surface area contributed by atoms with Crippen LogP contribution >= 0.6 is 0 Å². The maximum absolute atomic E-state index is 2.90. The summed E-state index contributed by atoms with van der Waals surface area (Å²) in [6.45, 7) is 24.1. The van der Waals surface area contributed by atoms with E-state index < -0.39 is 21.3 Å². The van der Waals surface area contributed by atoms with Gasteiger partial charge >= 0.3 is 313 Å². The summed E-state index contributed by atoms with van der Waals surface area (Å²) in [7, 11) is 0. The van der Waals surface area contributed by atoms with Crippen molar-refractivity contribution in [1.29, 1.82) is 0 Å². The topological polar surface area (TPSA) is 0 Å². The molecule has 272 valence electrons. The molecular formula is C49H58Cl2Zr. The number of allylic oxidation sites excluding steroid dienone is 4. The minimum absolute atomic E-state index is 0. The summed E-state index contributed by atoms with van der Waals surface area (Å²) >= 11 is -2.90. The predicted octanol–water partition coefficient (Wildman–Crippen LogP) is 7.29. The van der Waals surface area contributed by atoms with Crippen LogP contribution in [0.2, 0.25) is 0 Å². The molecule has 0 radical (unpaired) electrons. The first-order chi connectivity index (χ1) is 23.7. The molecule has 3 aliphatic carbocycles. The van der Waals surface area contributed by atoms with E-state index in [4.69, 9.17) is 0 Å². The molecule has 4 aromatic rings.